The zero-order valence-corrected chi connectivity index (χ0v) is 24.0. The lowest BCUT2D eigenvalue weighted by Crippen LogP contribution is -2.37. The number of aliphatic hydroxyl groups excluding tert-OH is 1. The van der Waals surface area contributed by atoms with Gasteiger partial charge in [-0.1, -0.05) is 18.2 Å². The van der Waals surface area contributed by atoms with Gasteiger partial charge in [-0.15, -0.1) is 0 Å². The number of nitrogens with one attached hydrogen (secondary N) is 1. The maximum atomic E-state index is 15.4. The highest BCUT2D eigenvalue weighted by molar-refractivity contribution is 7.52. The van der Waals surface area contributed by atoms with E-state index < -0.39 is 57.1 Å². The quantitative estimate of drug-likeness (QED) is 0.254. The SMILES string of the molecule is Cc1nc(N(C)C)c2ncn([C@@H]3O[C@H](CO[P@@](=O)(N[C@@H](C)C(=O)OC(C)C)Oc4ccccc4)[C@@H](O)[C@H]3F)c2n1. The Hall–Kier alpha value is -3.16. The molecule has 40 heavy (non-hydrogen) atoms. The van der Waals surface area contributed by atoms with E-state index in [1.54, 1.807) is 70.1 Å². The molecule has 218 valence electrons. The second-order valence-electron chi connectivity index (χ2n) is 9.85. The molecule has 15 heteroatoms. The zero-order chi connectivity index (χ0) is 29.2. The van der Waals surface area contributed by atoms with Crippen molar-refractivity contribution in [2.45, 2.75) is 64.4 Å². The van der Waals surface area contributed by atoms with Crippen molar-refractivity contribution in [1.82, 2.24) is 24.6 Å². The number of benzene rings is 1. The monoisotopic (exact) mass is 580 g/mol. The number of alkyl halides is 1. The van der Waals surface area contributed by atoms with Gasteiger partial charge in [-0.3, -0.25) is 13.9 Å². The van der Waals surface area contributed by atoms with Crippen molar-refractivity contribution in [2.75, 3.05) is 25.6 Å². The molecule has 2 aromatic heterocycles. The molecule has 6 atom stereocenters. The number of aliphatic hydroxyl groups is 1. The fourth-order valence-corrected chi connectivity index (χ4v) is 5.58. The lowest BCUT2D eigenvalue weighted by Gasteiger charge is -2.25. The summed E-state index contributed by atoms with van der Waals surface area (Å²) >= 11 is 0. The molecule has 0 saturated carbocycles. The Morgan fingerprint density at radius 3 is 2.60 bits per heavy atom. The molecule has 2 N–H and O–H groups in total. The number of esters is 1. The van der Waals surface area contributed by atoms with Gasteiger partial charge in [0, 0.05) is 14.1 Å². The number of aryl methyl sites for hydroxylation is 1. The topological polar surface area (TPSA) is 150 Å². The number of imidazole rings is 1. The van der Waals surface area contributed by atoms with Crippen LogP contribution in [0.15, 0.2) is 36.7 Å². The highest BCUT2D eigenvalue weighted by Crippen LogP contribution is 2.46. The first-order valence-corrected chi connectivity index (χ1v) is 14.3. The van der Waals surface area contributed by atoms with E-state index in [2.05, 4.69) is 20.0 Å². The molecule has 0 radical (unpaired) electrons. The number of halogens is 1. The first kappa shape index (κ1) is 29.8. The van der Waals surface area contributed by atoms with Crippen LogP contribution in [0.25, 0.3) is 11.2 Å². The van der Waals surface area contributed by atoms with Crippen LogP contribution >= 0.6 is 7.75 Å². The van der Waals surface area contributed by atoms with Gasteiger partial charge in [0.2, 0.25) is 0 Å². The van der Waals surface area contributed by atoms with Crippen LogP contribution in [-0.4, -0.2) is 81.8 Å². The Balaban J connectivity index is 1.53. The van der Waals surface area contributed by atoms with Gasteiger partial charge in [0.15, 0.2) is 29.4 Å². The van der Waals surface area contributed by atoms with E-state index in [-0.39, 0.29) is 5.75 Å². The number of carbonyl (C=O) groups excluding carboxylic acids is 1. The smallest absolute Gasteiger partial charge is 0.459 e. The Bertz CT molecular complexity index is 1370. The molecule has 0 amide bonds. The summed E-state index contributed by atoms with van der Waals surface area (Å²) in [5.74, 6) is 0.527. The predicted molar refractivity (Wildman–Crippen MR) is 144 cm³/mol. The largest absolute Gasteiger partial charge is 0.462 e. The third-order valence-corrected chi connectivity index (χ3v) is 7.58. The molecule has 0 aliphatic carbocycles. The van der Waals surface area contributed by atoms with Crippen LogP contribution < -0.4 is 14.5 Å². The number of carbonyl (C=O) groups is 1. The van der Waals surface area contributed by atoms with Gasteiger partial charge >= 0.3 is 13.7 Å². The molecule has 3 heterocycles. The lowest BCUT2D eigenvalue weighted by molar-refractivity contribution is -0.149. The third kappa shape index (κ3) is 6.58. The van der Waals surface area contributed by atoms with E-state index >= 15 is 4.39 Å². The van der Waals surface area contributed by atoms with Crippen molar-refractivity contribution >= 4 is 30.7 Å². The lowest BCUT2D eigenvalue weighted by atomic mass is 10.1. The number of aromatic nitrogens is 4. The summed E-state index contributed by atoms with van der Waals surface area (Å²) in [6.45, 7) is 5.99. The van der Waals surface area contributed by atoms with Crippen LogP contribution in [0.3, 0.4) is 0 Å². The molecule has 1 aromatic carbocycles. The average molecular weight is 581 g/mol. The van der Waals surface area contributed by atoms with Gasteiger partial charge in [-0.25, -0.2) is 23.9 Å². The van der Waals surface area contributed by atoms with E-state index in [0.29, 0.717) is 22.8 Å². The second-order valence-corrected chi connectivity index (χ2v) is 11.5. The number of fused-ring (bicyclic) bond motifs is 1. The van der Waals surface area contributed by atoms with Crippen molar-refractivity contribution in [3.05, 3.63) is 42.5 Å². The highest BCUT2D eigenvalue weighted by atomic mass is 31.2. The van der Waals surface area contributed by atoms with Crippen molar-refractivity contribution in [1.29, 1.82) is 0 Å². The maximum absolute atomic E-state index is 15.4. The molecule has 0 bridgehead atoms. The summed E-state index contributed by atoms with van der Waals surface area (Å²) in [4.78, 5) is 27.2. The van der Waals surface area contributed by atoms with Crippen LogP contribution in [0.1, 0.15) is 32.8 Å². The van der Waals surface area contributed by atoms with Crippen LogP contribution in [0.2, 0.25) is 0 Å². The highest BCUT2D eigenvalue weighted by Gasteiger charge is 2.47. The summed E-state index contributed by atoms with van der Waals surface area (Å²) < 4.78 is 52.7. The average Bonchev–Trinajstić information content (AvgIpc) is 3.42. The fraction of sp³-hybridized carbons (Fsp3) is 0.520. The maximum Gasteiger partial charge on any atom is 0.459 e. The first-order chi connectivity index (χ1) is 18.9. The molecule has 13 nitrogen and oxygen atoms in total. The number of hydrogen-bond donors (Lipinski definition) is 2. The second kappa shape index (κ2) is 12.1. The van der Waals surface area contributed by atoms with Gasteiger partial charge in [0.1, 0.15) is 29.8 Å². The minimum absolute atomic E-state index is 0.202. The molecule has 3 aromatic rings. The normalized spacial score (nSPS) is 23.2. The van der Waals surface area contributed by atoms with Gasteiger partial charge in [-0.2, -0.15) is 5.09 Å². The predicted octanol–water partition coefficient (Wildman–Crippen LogP) is 2.93. The molecule has 1 fully saturated rings. The summed E-state index contributed by atoms with van der Waals surface area (Å²) in [5.41, 5.74) is 0.766. The van der Waals surface area contributed by atoms with Crippen LogP contribution in [0.4, 0.5) is 10.2 Å². The van der Waals surface area contributed by atoms with Crippen molar-refractivity contribution in [3.63, 3.8) is 0 Å². The Morgan fingerprint density at radius 1 is 1.25 bits per heavy atom. The van der Waals surface area contributed by atoms with E-state index in [9.17, 15) is 14.5 Å². The summed E-state index contributed by atoms with van der Waals surface area (Å²) in [7, 11) is -0.646. The Labute approximate surface area is 231 Å². The molecular formula is C25H34FN6O7P. The van der Waals surface area contributed by atoms with E-state index in [1.165, 1.54) is 17.8 Å². The van der Waals surface area contributed by atoms with Crippen LogP contribution in [0, 0.1) is 6.92 Å². The number of hydrogen-bond acceptors (Lipinski definition) is 11. The van der Waals surface area contributed by atoms with Crippen LogP contribution in [-0.2, 0) is 23.4 Å². The van der Waals surface area contributed by atoms with Gasteiger partial charge in [0.25, 0.3) is 0 Å². The molecule has 1 aliphatic rings. The number of anilines is 1. The van der Waals surface area contributed by atoms with Crippen LogP contribution in [0.5, 0.6) is 5.75 Å². The number of ether oxygens (including phenoxy) is 2. The molecule has 1 aliphatic heterocycles. The zero-order valence-electron chi connectivity index (χ0n) is 23.1. The fourth-order valence-electron chi connectivity index (χ4n) is 4.08. The number of rotatable bonds is 11. The number of para-hydroxylation sites is 1. The molecule has 0 spiro atoms. The third-order valence-electron chi connectivity index (χ3n) is 5.94. The first-order valence-electron chi connectivity index (χ1n) is 12.7. The minimum Gasteiger partial charge on any atom is -0.462 e. The molecule has 0 unspecified atom stereocenters. The molecule has 1 saturated heterocycles. The van der Waals surface area contributed by atoms with Crippen molar-refractivity contribution in [3.8, 4) is 5.75 Å². The van der Waals surface area contributed by atoms with Crippen molar-refractivity contribution < 1.29 is 37.4 Å². The molecule has 4 rings (SSSR count). The minimum atomic E-state index is -4.25. The number of nitrogens with zero attached hydrogens (tertiary/aromatic N) is 5. The van der Waals surface area contributed by atoms with Gasteiger partial charge < -0.3 is 24.0 Å². The standard InChI is InChI=1S/C25H34FN6O7P/c1-14(2)37-25(34)15(3)30-40(35,39-17-10-8-7-9-11-17)36-12-18-21(33)19(26)24(38-18)32-13-27-20-22(31(5)6)28-16(4)29-23(20)32/h7-11,13-15,18-19,21,24,33H,12H2,1-6H3,(H,30,35)/t15-,18+,19+,21+,24+,40-/m0/s1. The van der Waals surface area contributed by atoms with Gasteiger partial charge in [0.05, 0.1) is 19.0 Å². The van der Waals surface area contributed by atoms with Crippen molar-refractivity contribution in [2.24, 2.45) is 0 Å². The summed E-state index contributed by atoms with van der Waals surface area (Å²) in [6.07, 6.45) is -5.07. The summed E-state index contributed by atoms with van der Waals surface area (Å²) in [5, 5.41) is 13.2. The van der Waals surface area contributed by atoms with E-state index in [0.717, 1.165) is 0 Å². The van der Waals surface area contributed by atoms with E-state index in [4.69, 9.17) is 18.5 Å². The molecular weight excluding hydrogens is 546 g/mol. The summed E-state index contributed by atoms with van der Waals surface area (Å²) in [6, 6.07) is 7.12. The Kier molecular flexibility index (Phi) is 9.06. The Morgan fingerprint density at radius 2 is 1.95 bits per heavy atom. The van der Waals surface area contributed by atoms with E-state index in [1.807, 2.05) is 0 Å². The van der Waals surface area contributed by atoms with Gasteiger partial charge in [-0.05, 0) is 39.8 Å².